The zero-order valence-electron chi connectivity index (χ0n) is 14.2. The number of hydrogen-bond acceptors (Lipinski definition) is 4. The Hall–Kier alpha value is -2.56. The molecule has 0 atom stereocenters. The first-order valence-corrected chi connectivity index (χ1v) is 8.80. The van der Waals surface area contributed by atoms with Gasteiger partial charge >= 0.3 is 5.97 Å². The van der Waals surface area contributed by atoms with Crippen molar-refractivity contribution in [3.63, 3.8) is 0 Å². The van der Waals surface area contributed by atoms with Crippen LogP contribution in [-0.2, 0) is 20.7 Å². The quantitative estimate of drug-likeness (QED) is 0.783. The summed E-state index contributed by atoms with van der Waals surface area (Å²) < 4.78 is 10.8. The van der Waals surface area contributed by atoms with Gasteiger partial charge in [-0.2, -0.15) is 0 Å². The van der Waals surface area contributed by atoms with Crippen molar-refractivity contribution in [2.75, 3.05) is 6.61 Å². The number of nitrogens with one attached hydrogen (secondary N) is 1. The number of ether oxygens (including phenoxy) is 1. The van der Waals surface area contributed by atoms with Gasteiger partial charge in [0.2, 0.25) is 0 Å². The smallest absolute Gasteiger partial charge is 0.306 e. The average molecular weight is 341 g/mol. The van der Waals surface area contributed by atoms with Crippen molar-refractivity contribution in [2.24, 2.45) is 0 Å². The van der Waals surface area contributed by atoms with Crippen LogP contribution in [-0.4, -0.2) is 24.5 Å². The Morgan fingerprint density at radius 1 is 1.08 bits per heavy atom. The second kappa shape index (κ2) is 8.51. The standard InChI is InChI=1S/C20H23NO4/c22-19(21-16-8-4-5-9-16)14-24-20(23)13-11-17-10-12-18(25-17)15-6-2-1-3-7-15/h1-3,6-7,10,12,16H,4-5,8-9,11,13-14H2,(H,21,22). The van der Waals surface area contributed by atoms with Gasteiger partial charge in [0, 0.05) is 18.0 Å². The molecule has 132 valence electrons. The number of amides is 1. The van der Waals surface area contributed by atoms with E-state index < -0.39 is 0 Å². The summed E-state index contributed by atoms with van der Waals surface area (Å²) in [5, 5.41) is 2.89. The van der Waals surface area contributed by atoms with Crippen LogP contribution in [0.25, 0.3) is 11.3 Å². The molecule has 5 heteroatoms. The van der Waals surface area contributed by atoms with Crippen LogP contribution in [0.1, 0.15) is 37.9 Å². The molecule has 0 spiro atoms. The SMILES string of the molecule is O=C(COC(=O)CCc1ccc(-c2ccccc2)o1)NC1CCCC1. The maximum atomic E-state index is 11.8. The van der Waals surface area contributed by atoms with Crippen LogP contribution in [0.15, 0.2) is 46.9 Å². The summed E-state index contributed by atoms with van der Waals surface area (Å²) in [4.78, 5) is 23.5. The second-order valence-electron chi connectivity index (χ2n) is 6.34. The molecule has 1 aliphatic rings. The third kappa shape index (κ3) is 5.21. The molecule has 0 unspecified atom stereocenters. The number of esters is 1. The van der Waals surface area contributed by atoms with Crippen molar-refractivity contribution < 1.29 is 18.7 Å². The molecule has 1 aromatic heterocycles. The molecule has 0 bridgehead atoms. The Kier molecular flexibility index (Phi) is 5.88. The van der Waals surface area contributed by atoms with Gasteiger partial charge in [-0.05, 0) is 25.0 Å². The zero-order valence-corrected chi connectivity index (χ0v) is 14.2. The molecule has 0 aliphatic heterocycles. The summed E-state index contributed by atoms with van der Waals surface area (Å²) in [6.45, 7) is -0.206. The second-order valence-corrected chi connectivity index (χ2v) is 6.34. The van der Waals surface area contributed by atoms with Gasteiger partial charge in [-0.15, -0.1) is 0 Å². The molecule has 3 rings (SSSR count). The highest BCUT2D eigenvalue weighted by molar-refractivity contribution is 5.80. The Labute approximate surface area is 147 Å². The number of hydrogen-bond donors (Lipinski definition) is 1. The lowest BCUT2D eigenvalue weighted by Gasteiger charge is -2.11. The van der Waals surface area contributed by atoms with E-state index in [1.807, 2.05) is 42.5 Å². The minimum atomic E-state index is -0.390. The van der Waals surface area contributed by atoms with Crippen LogP contribution in [0.4, 0.5) is 0 Å². The molecule has 1 amide bonds. The number of benzene rings is 1. The predicted octanol–water partition coefficient (Wildman–Crippen LogP) is 3.48. The summed E-state index contributed by atoms with van der Waals surface area (Å²) in [6, 6.07) is 13.8. The lowest BCUT2D eigenvalue weighted by atomic mass is 10.2. The fourth-order valence-electron chi connectivity index (χ4n) is 3.05. The maximum Gasteiger partial charge on any atom is 0.306 e. The molecular weight excluding hydrogens is 318 g/mol. The zero-order chi connectivity index (χ0) is 17.5. The van der Waals surface area contributed by atoms with Crippen LogP contribution in [0.2, 0.25) is 0 Å². The first-order valence-electron chi connectivity index (χ1n) is 8.80. The van der Waals surface area contributed by atoms with E-state index in [0.29, 0.717) is 6.42 Å². The molecule has 1 aliphatic carbocycles. The van der Waals surface area contributed by atoms with Gasteiger partial charge in [0.15, 0.2) is 6.61 Å². The van der Waals surface area contributed by atoms with E-state index in [1.165, 1.54) is 0 Å². The Bertz CT molecular complexity index is 701. The third-order valence-corrected chi connectivity index (χ3v) is 4.38. The van der Waals surface area contributed by atoms with Crippen molar-refractivity contribution in [2.45, 2.75) is 44.6 Å². The van der Waals surface area contributed by atoms with Crippen LogP contribution < -0.4 is 5.32 Å². The minimum Gasteiger partial charge on any atom is -0.461 e. The van der Waals surface area contributed by atoms with E-state index >= 15 is 0 Å². The van der Waals surface area contributed by atoms with E-state index in [1.54, 1.807) is 0 Å². The van der Waals surface area contributed by atoms with Gasteiger partial charge in [0.1, 0.15) is 11.5 Å². The molecule has 25 heavy (non-hydrogen) atoms. The van der Waals surface area contributed by atoms with Crippen molar-refractivity contribution in [3.8, 4) is 11.3 Å². The van der Waals surface area contributed by atoms with Gasteiger partial charge < -0.3 is 14.5 Å². The highest BCUT2D eigenvalue weighted by Gasteiger charge is 2.18. The molecule has 5 nitrogen and oxygen atoms in total. The van der Waals surface area contributed by atoms with E-state index in [0.717, 1.165) is 42.8 Å². The monoisotopic (exact) mass is 341 g/mol. The van der Waals surface area contributed by atoms with Crippen molar-refractivity contribution in [1.82, 2.24) is 5.32 Å². The topological polar surface area (TPSA) is 68.5 Å². The number of furan rings is 1. The number of carbonyl (C=O) groups excluding carboxylic acids is 2. The summed E-state index contributed by atoms with van der Waals surface area (Å²) in [5.41, 5.74) is 1.000. The molecular formula is C20H23NO4. The van der Waals surface area contributed by atoms with E-state index in [4.69, 9.17) is 9.15 Å². The van der Waals surface area contributed by atoms with E-state index in [9.17, 15) is 9.59 Å². The summed E-state index contributed by atoms with van der Waals surface area (Å²) in [7, 11) is 0. The fraction of sp³-hybridized carbons (Fsp3) is 0.400. The van der Waals surface area contributed by atoms with Gasteiger partial charge in [0.05, 0.1) is 6.42 Å². The maximum absolute atomic E-state index is 11.8. The Morgan fingerprint density at radius 2 is 1.84 bits per heavy atom. The third-order valence-electron chi connectivity index (χ3n) is 4.38. The number of aryl methyl sites for hydroxylation is 1. The van der Waals surface area contributed by atoms with Crippen LogP contribution in [0, 0.1) is 0 Å². The highest BCUT2D eigenvalue weighted by atomic mass is 16.5. The Balaban J connectivity index is 1.39. The molecule has 1 saturated carbocycles. The summed E-state index contributed by atoms with van der Waals surface area (Å²) >= 11 is 0. The summed E-state index contributed by atoms with van der Waals surface area (Å²) in [6.07, 6.45) is 4.98. The van der Waals surface area contributed by atoms with E-state index in [2.05, 4.69) is 5.32 Å². The average Bonchev–Trinajstić information content (AvgIpc) is 3.31. The molecule has 1 N–H and O–H groups in total. The molecule has 2 aromatic rings. The summed E-state index contributed by atoms with van der Waals surface area (Å²) in [5.74, 6) is 0.898. The lowest BCUT2D eigenvalue weighted by molar-refractivity contribution is -0.148. The molecule has 1 fully saturated rings. The normalized spacial score (nSPS) is 14.4. The number of rotatable bonds is 7. The fourth-order valence-corrected chi connectivity index (χ4v) is 3.05. The van der Waals surface area contributed by atoms with Gasteiger partial charge in [-0.1, -0.05) is 43.2 Å². The van der Waals surface area contributed by atoms with Crippen LogP contribution in [0.5, 0.6) is 0 Å². The lowest BCUT2D eigenvalue weighted by Crippen LogP contribution is -2.35. The van der Waals surface area contributed by atoms with E-state index in [-0.39, 0.29) is 30.9 Å². The van der Waals surface area contributed by atoms with Gasteiger partial charge in [-0.25, -0.2) is 0 Å². The van der Waals surface area contributed by atoms with Crippen molar-refractivity contribution in [1.29, 1.82) is 0 Å². The van der Waals surface area contributed by atoms with Gasteiger partial charge in [0.25, 0.3) is 5.91 Å². The molecule has 1 heterocycles. The first-order chi connectivity index (χ1) is 12.2. The van der Waals surface area contributed by atoms with Gasteiger partial charge in [-0.3, -0.25) is 9.59 Å². The minimum absolute atomic E-state index is 0.193. The van der Waals surface area contributed by atoms with Crippen LogP contribution in [0.3, 0.4) is 0 Å². The molecule has 0 radical (unpaired) electrons. The van der Waals surface area contributed by atoms with Crippen molar-refractivity contribution in [3.05, 3.63) is 48.2 Å². The predicted molar refractivity (Wildman–Crippen MR) is 93.8 cm³/mol. The van der Waals surface area contributed by atoms with Crippen LogP contribution >= 0.6 is 0 Å². The molecule has 0 saturated heterocycles. The molecule has 1 aromatic carbocycles. The Morgan fingerprint density at radius 3 is 2.60 bits per heavy atom. The largest absolute Gasteiger partial charge is 0.461 e. The number of carbonyl (C=O) groups is 2. The van der Waals surface area contributed by atoms with Crippen molar-refractivity contribution >= 4 is 11.9 Å². The highest BCUT2D eigenvalue weighted by Crippen LogP contribution is 2.22. The first kappa shape index (κ1) is 17.3.